The number of anilines is 1. The maximum atomic E-state index is 12.1. The zero-order valence-corrected chi connectivity index (χ0v) is 14.9. The third-order valence-corrected chi connectivity index (χ3v) is 6.02. The molecule has 1 fully saturated rings. The van der Waals surface area contributed by atoms with Gasteiger partial charge in [-0.15, -0.1) is 0 Å². The molecule has 0 atom stereocenters. The number of carbonyl (C=O) groups is 2. The highest BCUT2D eigenvalue weighted by Gasteiger charge is 2.28. The number of likely N-dealkylation sites (N-methyl/N-ethyl adjacent to an activating group) is 1. The molecule has 1 aromatic carbocycles. The van der Waals surface area contributed by atoms with Gasteiger partial charge in [-0.05, 0) is 18.6 Å². The molecule has 0 aliphatic carbocycles. The Labute approximate surface area is 146 Å². The average Bonchev–Trinajstić information content (AvgIpc) is 2.85. The van der Waals surface area contributed by atoms with Crippen LogP contribution in [0.3, 0.4) is 0 Å². The molecular formula is C15H20ClN3O4S. The molecule has 132 valence electrons. The number of hydrogen-bond donors (Lipinski definition) is 1. The van der Waals surface area contributed by atoms with Crippen LogP contribution in [0.2, 0.25) is 5.02 Å². The minimum Gasteiger partial charge on any atom is -0.336 e. The topological polar surface area (TPSA) is 86.8 Å². The van der Waals surface area contributed by atoms with Gasteiger partial charge in [-0.2, -0.15) is 0 Å². The van der Waals surface area contributed by atoms with Crippen molar-refractivity contribution in [3.63, 3.8) is 0 Å². The van der Waals surface area contributed by atoms with Gasteiger partial charge in [0.15, 0.2) is 0 Å². The largest absolute Gasteiger partial charge is 0.336 e. The molecular weight excluding hydrogens is 354 g/mol. The second kappa shape index (κ2) is 7.96. The Morgan fingerprint density at radius 3 is 2.67 bits per heavy atom. The molecule has 0 spiro atoms. The summed E-state index contributed by atoms with van der Waals surface area (Å²) in [7, 11) is -1.70. The van der Waals surface area contributed by atoms with Crippen molar-refractivity contribution in [3.8, 4) is 0 Å². The van der Waals surface area contributed by atoms with Crippen LogP contribution in [0.4, 0.5) is 5.69 Å². The summed E-state index contributed by atoms with van der Waals surface area (Å²) in [5.74, 6) is -0.517. The van der Waals surface area contributed by atoms with Crippen LogP contribution in [0, 0.1) is 0 Å². The van der Waals surface area contributed by atoms with Crippen LogP contribution in [-0.4, -0.2) is 61.9 Å². The number of nitrogens with one attached hydrogen (secondary N) is 1. The molecule has 1 heterocycles. The van der Waals surface area contributed by atoms with Crippen LogP contribution in [-0.2, 0) is 19.6 Å². The standard InChI is InChI=1S/C15H20ClN3O4S/c1-18(11-14(20)17-13-6-3-2-5-12(13)16)15(21)7-9-19-8-4-10-24(19,22)23/h2-3,5-6H,4,7-11H2,1H3,(H,17,20). The van der Waals surface area contributed by atoms with Gasteiger partial charge in [0.2, 0.25) is 21.8 Å². The van der Waals surface area contributed by atoms with Crippen LogP contribution >= 0.6 is 11.6 Å². The van der Waals surface area contributed by atoms with E-state index in [9.17, 15) is 18.0 Å². The van der Waals surface area contributed by atoms with Gasteiger partial charge in [-0.25, -0.2) is 12.7 Å². The summed E-state index contributed by atoms with van der Waals surface area (Å²) in [5.41, 5.74) is 0.480. The molecule has 0 bridgehead atoms. The van der Waals surface area contributed by atoms with E-state index in [1.54, 1.807) is 24.3 Å². The SMILES string of the molecule is CN(CC(=O)Nc1ccccc1Cl)C(=O)CCN1CCCS1(=O)=O. The number of carbonyl (C=O) groups excluding carboxylic acids is 2. The first kappa shape index (κ1) is 18.7. The zero-order valence-electron chi connectivity index (χ0n) is 13.4. The summed E-state index contributed by atoms with van der Waals surface area (Å²) in [5, 5.41) is 3.05. The van der Waals surface area contributed by atoms with Crippen molar-refractivity contribution in [1.29, 1.82) is 0 Å². The Kier molecular flexibility index (Phi) is 6.20. The van der Waals surface area contributed by atoms with E-state index >= 15 is 0 Å². The second-order valence-electron chi connectivity index (χ2n) is 5.60. The summed E-state index contributed by atoms with van der Waals surface area (Å²) in [6, 6.07) is 6.82. The van der Waals surface area contributed by atoms with E-state index in [1.165, 1.54) is 16.3 Å². The summed E-state index contributed by atoms with van der Waals surface area (Å²) in [4.78, 5) is 25.3. The number of nitrogens with zero attached hydrogens (tertiary/aromatic N) is 2. The maximum Gasteiger partial charge on any atom is 0.244 e. The quantitative estimate of drug-likeness (QED) is 0.810. The normalized spacial score (nSPS) is 16.8. The maximum absolute atomic E-state index is 12.1. The molecule has 1 aliphatic heterocycles. The lowest BCUT2D eigenvalue weighted by Crippen LogP contribution is -2.37. The first-order valence-electron chi connectivity index (χ1n) is 7.56. The fraction of sp³-hybridized carbons (Fsp3) is 0.467. The molecule has 1 aromatic rings. The third-order valence-electron chi connectivity index (χ3n) is 3.73. The van der Waals surface area contributed by atoms with Crippen LogP contribution in [0.1, 0.15) is 12.8 Å². The molecule has 1 aliphatic rings. The Balaban J connectivity index is 1.81. The van der Waals surface area contributed by atoms with Gasteiger partial charge in [0, 0.05) is 26.6 Å². The van der Waals surface area contributed by atoms with Crippen molar-refractivity contribution in [1.82, 2.24) is 9.21 Å². The van der Waals surface area contributed by atoms with Crippen LogP contribution in [0.5, 0.6) is 0 Å². The van der Waals surface area contributed by atoms with E-state index in [-0.39, 0.29) is 37.1 Å². The van der Waals surface area contributed by atoms with Crippen molar-refractivity contribution in [2.24, 2.45) is 0 Å². The fourth-order valence-electron chi connectivity index (χ4n) is 2.41. The van der Waals surface area contributed by atoms with Crippen molar-refractivity contribution >= 4 is 39.1 Å². The number of hydrogen-bond acceptors (Lipinski definition) is 4. The predicted octanol–water partition coefficient (Wildman–Crippen LogP) is 1.16. The molecule has 0 radical (unpaired) electrons. The average molecular weight is 374 g/mol. The number of halogens is 1. The smallest absolute Gasteiger partial charge is 0.244 e. The Morgan fingerprint density at radius 2 is 2.04 bits per heavy atom. The molecule has 0 aromatic heterocycles. The molecule has 0 saturated carbocycles. The van der Waals surface area contributed by atoms with Gasteiger partial charge < -0.3 is 10.2 Å². The minimum atomic E-state index is -3.21. The van der Waals surface area contributed by atoms with E-state index in [4.69, 9.17) is 11.6 Å². The molecule has 2 amide bonds. The minimum absolute atomic E-state index is 0.0507. The van der Waals surface area contributed by atoms with E-state index in [2.05, 4.69) is 5.32 Å². The summed E-state index contributed by atoms with van der Waals surface area (Å²) < 4.78 is 24.7. The molecule has 0 unspecified atom stereocenters. The summed E-state index contributed by atoms with van der Waals surface area (Å²) in [6.07, 6.45) is 0.641. The van der Waals surface area contributed by atoms with Crippen molar-refractivity contribution < 1.29 is 18.0 Å². The van der Waals surface area contributed by atoms with Gasteiger partial charge >= 0.3 is 0 Å². The highest BCUT2D eigenvalue weighted by Crippen LogP contribution is 2.20. The first-order valence-corrected chi connectivity index (χ1v) is 9.54. The van der Waals surface area contributed by atoms with Gasteiger partial charge in [0.25, 0.3) is 0 Å². The van der Waals surface area contributed by atoms with Crippen molar-refractivity contribution in [2.75, 3.05) is 37.8 Å². The third kappa shape index (κ3) is 4.93. The zero-order chi connectivity index (χ0) is 17.7. The number of para-hydroxylation sites is 1. The number of amides is 2. The van der Waals surface area contributed by atoms with Gasteiger partial charge in [-0.3, -0.25) is 9.59 Å². The van der Waals surface area contributed by atoms with Gasteiger partial charge in [0.1, 0.15) is 0 Å². The lowest BCUT2D eigenvalue weighted by Gasteiger charge is -2.19. The van der Waals surface area contributed by atoms with Crippen molar-refractivity contribution in [2.45, 2.75) is 12.8 Å². The lowest BCUT2D eigenvalue weighted by atomic mass is 10.3. The van der Waals surface area contributed by atoms with E-state index in [0.717, 1.165) is 0 Å². The molecule has 24 heavy (non-hydrogen) atoms. The van der Waals surface area contributed by atoms with Crippen LogP contribution in [0.15, 0.2) is 24.3 Å². The number of sulfonamides is 1. The second-order valence-corrected chi connectivity index (χ2v) is 8.09. The highest BCUT2D eigenvalue weighted by molar-refractivity contribution is 7.89. The predicted molar refractivity (Wildman–Crippen MR) is 92.3 cm³/mol. The Bertz CT molecular complexity index is 723. The summed E-state index contributed by atoms with van der Waals surface area (Å²) >= 11 is 5.96. The molecule has 9 heteroatoms. The summed E-state index contributed by atoms with van der Waals surface area (Å²) in [6.45, 7) is 0.473. The number of rotatable bonds is 6. The molecule has 1 saturated heterocycles. The fourth-order valence-corrected chi connectivity index (χ4v) is 4.12. The first-order chi connectivity index (χ1) is 11.3. The van der Waals surface area contributed by atoms with Crippen LogP contribution in [0.25, 0.3) is 0 Å². The highest BCUT2D eigenvalue weighted by atomic mass is 35.5. The van der Waals surface area contributed by atoms with Gasteiger partial charge in [-0.1, -0.05) is 23.7 Å². The Hall–Kier alpha value is -1.64. The van der Waals surface area contributed by atoms with E-state index in [1.807, 2.05) is 0 Å². The lowest BCUT2D eigenvalue weighted by molar-refractivity contribution is -0.133. The van der Waals surface area contributed by atoms with Crippen LogP contribution < -0.4 is 5.32 Å². The Morgan fingerprint density at radius 1 is 1.33 bits per heavy atom. The molecule has 1 N–H and O–H groups in total. The van der Waals surface area contributed by atoms with E-state index < -0.39 is 10.0 Å². The number of benzene rings is 1. The monoisotopic (exact) mass is 373 g/mol. The van der Waals surface area contributed by atoms with Crippen molar-refractivity contribution in [3.05, 3.63) is 29.3 Å². The van der Waals surface area contributed by atoms with Gasteiger partial charge in [0.05, 0.1) is 23.0 Å². The van der Waals surface area contributed by atoms with E-state index in [0.29, 0.717) is 23.7 Å². The molecule has 7 nitrogen and oxygen atoms in total. The molecule has 2 rings (SSSR count).